The quantitative estimate of drug-likeness (QED) is 0.633. The molecule has 0 bridgehead atoms. The number of aryl methyl sites for hydroxylation is 2. The Labute approximate surface area is 143 Å². The second-order valence-electron chi connectivity index (χ2n) is 5.95. The van der Waals surface area contributed by atoms with E-state index in [-0.39, 0.29) is 0 Å². The Morgan fingerprint density at radius 1 is 0.917 bits per heavy atom. The zero-order valence-corrected chi connectivity index (χ0v) is 14.3. The molecule has 124 valence electrons. The summed E-state index contributed by atoms with van der Waals surface area (Å²) in [6.07, 6.45) is 2.11. The molecular formula is C20H24N4. The summed E-state index contributed by atoms with van der Waals surface area (Å²) in [7, 11) is 0. The summed E-state index contributed by atoms with van der Waals surface area (Å²) in [5, 5.41) is 8.07. The largest absolute Gasteiger partial charge is 0.383 e. The Bertz CT molecular complexity index is 814. The van der Waals surface area contributed by atoms with Crippen LogP contribution in [0.5, 0.6) is 0 Å². The lowest BCUT2D eigenvalue weighted by Gasteiger charge is -2.12. The highest BCUT2D eigenvalue weighted by molar-refractivity contribution is 5.91. The number of pyridine rings is 2. The zero-order valence-electron chi connectivity index (χ0n) is 14.3. The van der Waals surface area contributed by atoms with Crippen molar-refractivity contribution in [3.8, 4) is 0 Å². The number of anilines is 2. The SMILES string of the molecule is CCCc1cc(NCCNc2cccc(C)n2)c2ccccc2n1. The number of aromatic nitrogens is 2. The van der Waals surface area contributed by atoms with Gasteiger partial charge in [0.2, 0.25) is 0 Å². The van der Waals surface area contributed by atoms with Gasteiger partial charge >= 0.3 is 0 Å². The first-order valence-electron chi connectivity index (χ1n) is 8.56. The van der Waals surface area contributed by atoms with Crippen LogP contribution in [0.25, 0.3) is 10.9 Å². The minimum absolute atomic E-state index is 0.816. The van der Waals surface area contributed by atoms with Crippen LogP contribution in [0.4, 0.5) is 11.5 Å². The van der Waals surface area contributed by atoms with Gasteiger partial charge in [-0.05, 0) is 37.6 Å². The molecule has 3 aromatic rings. The highest BCUT2D eigenvalue weighted by Gasteiger charge is 2.05. The van der Waals surface area contributed by atoms with Crippen LogP contribution in [-0.4, -0.2) is 23.1 Å². The molecule has 0 radical (unpaired) electrons. The monoisotopic (exact) mass is 320 g/mol. The molecule has 2 N–H and O–H groups in total. The minimum atomic E-state index is 0.816. The van der Waals surface area contributed by atoms with Crippen molar-refractivity contribution in [3.05, 3.63) is 59.9 Å². The van der Waals surface area contributed by atoms with Crippen molar-refractivity contribution < 1.29 is 0 Å². The Kier molecular flexibility index (Phi) is 5.26. The maximum Gasteiger partial charge on any atom is 0.126 e. The molecule has 1 aromatic carbocycles. The van der Waals surface area contributed by atoms with Gasteiger partial charge in [-0.2, -0.15) is 0 Å². The van der Waals surface area contributed by atoms with Crippen molar-refractivity contribution in [2.24, 2.45) is 0 Å². The van der Waals surface area contributed by atoms with E-state index in [0.29, 0.717) is 0 Å². The van der Waals surface area contributed by atoms with Gasteiger partial charge in [0.1, 0.15) is 5.82 Å². The minimum Gasteiger partial charge on any atom is -0.383 e. The summed E-state index contributed by atoms with van der Waals surface area (Å²) in [6, 6.07) is 16.5. The van der Waals surface area contributed by atoms with E-state index >= 15 is 0 Å². The molecule has 4 nitrogen and oxygen atoms in total. The van der Waals surface area contributed by atoms with Crippen LogP contribution in [-0.2, 0) is 6.42 Å². The molecule has 0 fully saturated rings. The van der Waals surface area contributed by atoms with Gasteiger partial charge in [0.15, 0.2) is 0 Å². The van der Waals surface area contributed by atoms with Gasteiger partial charge in [-0.1, -0.05) is 37.6 Å². The standard InChI is InChI=1S/C20H24N4/c1-3-7-16-14-19(17-9-4-5-10-18(17)24-16)21-12-13-22-20-11-6-8-15(2)23-20/h4-6,8-11,14H,3,7,12-13H2,1-2H3,(H,21,24)(H,22,23). The predicted molar refractivity (Wildman–Crippen MR) is 102 cm³/mol. The zero-order chi connectivity index (χ0) is 16.8. The highest BCUT2D eigenvalue weighted by Crippen LogP contribution is 2.23. The van der Waals surface area contributed by atoms with Crippen molar-refractivity contribution in [1.82, 2.24) is 9.97 Å². The normalized spacial score (nSPS) is 10.8. The molecule has 0 aliphatic rings. The van der Waals surface area contributed by atoms with Crippen molar-refractivity contribution in [2.75, 3.05) is 23.7 Å². The van der Waals surface area contributed by atoms with E-state index in [2.05, 4.69) is 46.8 Å². The van der Waals surface area contributed by atoms with E-state index < -0.39 is 0 Å². The lowest BCUT2D eigenvalue weighted by molar-refractivity contribution is 0.889. The molecule has 0 saturated carbocycles. The van der Waals surface area contributed by atoms with Gasteiger partial charge in [0.05, 0.1) is 5.52 Å². The molecular weight excluding hydrogens is 296 g/mol. The summed E-state index contributed by atoms with van der Waals surface area (Å²) < 4.78 is 0. The number of benzene rings is 1. The Balaban J connectivity index is 1.67. The van der Waals surface area contributed by atoms with Crippen LogP contribution in [0, 0.1) is 6.92 Å². The Morgan fingerprint density at radius 2 is 1.75 bits per heavy atom. The average Bonchev–Trinajstić information content (AvgIpc) is 2.59. The smallest absolute Gasteiger partial charge is 0.126 e. The molecule has 0 spiro atoms. The fourth-order valence-electron chi connectivity index (χ4n) is 2.79. The Hall–Kier alpha value is -2.62. The predicted octanol–water partition coefficient (Wildman–Crippen LogP) is 4.41. The third kappa shape index (κ3) is 4.02. The molecule has 0 aliphatic heterocycles. The average molecular weight is 320 g/mol. The number of para-hydroxylation sites is 1. The summed E-state index contributed by atoms with van der Waals surface area (Å²) >= 11 is 0. The fourth-order valence-corrected chi connectivity index (χ4v) is 2.79. The van der Waals surface area contributed by atoms with E-state index in [1.54, 1.807) is 0 Å². The second kappa shape index (κ2) is 7.77. The molecule has 4 heteroatoms. The van der Waals surface area contributed by atoms with Gasteiger partial charge in [0, 0.05) is 35.6 Å². The van der Waals surface area contributed by atoms with Crippen LogP contribution in [0.1, 0.15) is 24.7 Å². The van der Waals surface area contributed by atoms with E-state index in [9.17, 15) is 0 Å². The summed E-state index contributed by atoms with van der Waals surface area (Å²) in [5.74, 6) is 0.919. The first-order valence-corrected chi connectivity index (χ1v) is 8.56. The molecule has 0 amide bonds. The first-order chi connectivity index (χ1) is 11.8. The van der Waals surface area contributed by atoms with Gasteiger partial charge in [-0.25, -0.2) is 4.98 Å². The van der Waals surface area contributed by atoms with Crippen LogP contribution >= 0.6 is 0 Å². The first kappa shape index (κ1) is 16.2. The number of hydrogen-bond donors (Lipinski definition) is 2. The molecule has 24 heavy (non-hydrogen) atoms. The molecule has 0 unspecified atom stereocenters. The summed E-state index contributed by atoms with van der Waals surface area (Å²) in [5.41, 5.74) is 4.38. The maximum absolute atomic E-state index is 4.75. The third-order valence-electron chi connectivity index (χ3n) is 3.91. The number of rotatable bonds is 7. The lowest BCUT2D eigenvalue weighted by Crippen LogP contribution is -2.15. The molecule has 0 atom stereocenters. The van der Waals surface area contributed by atoms with Crippen LogP contribution in [0.3, 0.4) is 0 Å². The number of hydrogen-bond acceptors (Lipinski definition) is 4. The molecule has 3 rings (SSSR count). The maximum atomic E-state index is 4.75. The van der Waals surface area contributed by atoms with Crippen molar-refractivity contribution in [1.29, 1.82) is 0 Å². The van der Waals surface area contributed by atoms with Gasteiger partial charge in [-0.3, -0.25) is 4.98 Å². The Morgan fingerprint density at radius 3 is 2.58 bits per heavy atom. The fraction of sp³-hybridized carbons (Fsp3) is 0.300. The van der Waals surface area contributed by atoms with E-state index in [1.165, 1.54) is 5.39 Å². The topological polar surface area (TPSA) is 49.8 Å². The van der Waals surface area contributed by atoms with Crippen LogP contribution < -0.4 is 10.6 Å². The van der Waals surface area contributed by atoms with E-state index in [0.717, 1.165) is 54.3 Å². The van der Waals surface area contributed by atoms with Crippen LogP contribution in [0.2, 0.25) is 0 Å². The number of fused-ring (bicyclic) bond motifs is 1. The number of nitrogens with zero attached hydrogens (tertiary/aromatic N) is 2. The van der Waals surface area contributed by atoms with Crippen LogP contribution in [0.15, 0.2) is 48.5 Å². The van der Waals surface area contributed by atoms with Crippen molar-refractivity contribution in [2.45, 2.75) is 26.7 Å². The molecule has 2 heterocycles. The highest BCUT2D eigenvalue weighted by atomic mass is 15.0. The second-order valence-corrected chi connectivity index (χ2v) is 5.95. The van der Waals surface area contributed by atoms with E-state index in [4.69, 9.17) is 4.98 Å². The van der Waals surface area contributed by atoms with Gasteiger partial charge in [-0.15, -0.1) is 0 Å². The molecule has 0 aliphatic carbocycles. The summed E-state index contributed by atoms with van der Waals surface area (Å²) in [6.45, 7) is 5.83. The van der Waals surface area contributed by atoms with Crippen molar-refractivity contribution in [3.63, 3.8) is 0 Å². The van der Waals surface area contributed by atoms with E-state index in [1.807, 2.05) is 31.2 Å². The third-order valence-corrected chi connectivity index (χ3v) is 3.91. The van der Waals surface area contributed by atoms with Gasteiger partial charge in [0.25, 0.3) is 0 Å². The molecule has 0 saturated heterocycles. The lowest BCUT2D eigenvalue weighted by atomic mass is 10.1. The molecule has 2 aromatic heterocycles. The number of nitrogens with one attached hydrogen (secondary N) is 2. The van der Waals surface area contributed by atoms with Crippen molar-refractivity contribution >= 4 is 22.4 Å². The summed E-state index contributed by atoms with van der Waals surface area (Å²) in [4.78, 5) is 9.20. The van der Waals surface area contributed by atoms with Gasteiger partial charge < -0.3 is 10.6 Å².